The molecule has 2 nitrogen and oxygen atoms in total. The van der Waals surface area contributed by atoms with Gasteiger partial charge in [0.05, 0.1) is 0 Å². The Labute approximate surface area is 120 Å². The van der Waals surface area contributed by atoms with Crippen molar-refractivity contribution in [3.63, 3.8) is 0 Å². The maximum absolute atomic E-state index is 3.78. The van der Waals surface area contributed by atoms with E-state index >= 15 is 0 Å². The fraction of sp³-hybridized carbons (Fsp3) is 1.00. The lowest BCUT2D eigenvalue weighted by atomic mass is 9.90. The number of nitrogens with one attached hydrogen (secondary N) is 1. The van der Waals surface area contributed by atoms with Crippen LogP contribution < -0.4 is 5.32 Å². The number of hydrogen-bond acceptors (Lipinski definition) is 2. The first-order chi connectivity index (χ1) is 8.93. The molecule has 0 spiro atoms. The van der Waals surface area contributed by atoms with Gasteiger partial charge in [-0.1, -0.05) is 41.0 Å². The molecule has 0 aromatic heterocycles. The molecule has 2 heteroatoms. The molecule has 19 heavy (non-hydrogen) atoms. The molecule has 112 valence electrons. The molecule has 0 radical (unpaired) electrons. The highest BCUT2D eigenvalue weighted by Gasteiger charge is 2.40. The molecule has 1 saturated carbocycles. The van der Waals surface area contributed by atoms with Crippen LogP contribution in [0.3, 0.4) is 0 Å². The Bertz CT molecular complexity index is 285. The van der Waals surface area contributed by atoms with Crippen LogP contribution in [0.5, 0.6) is 0 Å². The summed E-state index contributed by atoms with van der Waals surface area (Å²) in [5.74, 6) is 0.763. The summed E-state index contributed by atoms with van der Waals surface area (Å²) in [6, 6.07) is 2.31. The average molecular weight is 266 g/mol. The Morgan fingerprint density at radius 3 is 2.58 bits per heavy atom. The van der Waals surface area contributed by atoms with Crippen LogP contribution in [0.1, 0.15) is 66.7 Å². The second kappa shape index (κ2) is 6.13. The summed E-state index contributed by atoms with van der Waals surface area (Å²) in [5.41, 5.74) is 0.567. The number of nitrogens with zero attached hydrogens (tertiary/aromatic N) is 1. The molecule has 1 aliphatic heterocycles. The summed E-state index contributed by atoms with van der Waals surface area (Å²) in [4.78, 5) is 2.87. The molecule has 3 atom stereocenters. The minimum atomic E-state index is 0.567. The molecule has 1 N–H and O–H groups in total. The third-order valence-corrected chi connectivity index (χ3v) is 5.29. The van der Waals surface area contributed by atoms with Crippen LogP contribution >= 0.6 is 0 Å². The van der Waals surface area contributed by atoms with Gasteiger partial charge in [-0.3, -0.25) is 4.90 Å². The fourth-order valence-electron chi connectivity index (χ4n) is 4.12. The van der Waals surface area contributed by atoms with Gasteiger partial charge >= 0.3 is 0 Å². The summed E-state index contributed by atoms with van der Waals surface area (Å²) in [5, 5.41) is 3.78. The van der Waals surface area contributed by atoms with Gasteiger partial charge in [-0.25, -0.2) is 0 Å². The van der Waals surface area contributed by atoms with E-state index in [0.29, 0.717) is 5.41 Å². The summed E-state index contributed by atoms with van der Waals surface area (Å²) in [6.07, 6.45) is 6.85. The van der Waals surface area contributed by atoms with E-state index in [2.05, 4.69) is 44.8 Å². The second-order valence-corrected chi connectivity index (χ2v) is 7.96. The van der Waals surface area contributed by atoms with Crippen molar-refractivity contribution in [2.45, 2.75) is 84.8 Å². The zero-order valence-electron chi connectivity index (χ0n) is 13.7. The summed E-state index contributed by atoms with van der Waals surface area (Å²) in [7, 11) is 0. The maximum Gasteiger partial charge on any atom is 0.0247 e. The first-order valence-corrected chi connectivity index (χ1v) is 8.42. The van der Waals surface area contributed by atoms with Crippen molar-refractivity contribution >= 4 is 0 Å². The van der Waals surface area contributed by atoms with Crippen LogP contribution in [-0.2, 0) is 0 Å². The van der Waals surface area contributed by atoms with E-state index < -0.39 is 0 Å². The predicted octanol–water partition coefficient (Wildman–Crippen LogP) is 3.66. The smallest absolute Gasteiger partial charge is 0.0247 e. The summed E-state index contributed by atoms with van der Waals surface area (Å²) in [6.45, 7) is 14.4. The Balaban J connectivity index is 2.03. The maximum atomic E-state index is 3.78. The van der Waals surface area contributed by atoms with Gasteiger partial charge in [-0.15, -0.1) is 0 Å². The van der Waals surface area contributed by atoms with Gasteiger partial charge in [0.25, 0.3) is 0 Å². The van der Waals surface area contributed by atoms with Crippen molar-refractivity contribution in [3.05, 3.63) is 0 Å². The van der Waals surface area contributed by atoms with Gasteiger partial charge in [0.15, 0.2) is 0 Å². The first-order valence-electron chi connectivity index (χ1n) is 8.42. The molecule has 0 aromatic carbocycles. The zero-order chi connectivity index (χ0) is 14.0. The van der Waals surface area contributed by atoms with Gasteiger partial charge in [-0.05, 0) is 37.0 Å². The van der Waals surface area contributed by atoms with E-state index in [1.54, 1.807) is 0 Å². The molecule has 1 aliphatic carbocycles. The van der Waals surface area contributed by atoms with Crippen LogP contribution in [-0.4, -0.2) is 36.1 Å². The lowest BCUT2D eigenvalue weighted by Crippen LogP contribution is -2.60. The van der Waals surface area contributed by atoms with Gasteiger partial charge < -0.3 is 5.32 Å². The van der Waals surface area contributed by atoms with Crippen molar-refractivity contribution < 1.29 is 0 Å². The van der Waals surface area contributed by atoms with E-state index in [-0.39, 0.29) is 0 Å². The molecule has 0 aromatic rings. The van der Waals surface area contributed by atoms with Crippen LogP contribution in [0.25, 0.3) is 0 Å². The topological polar surface area (TPSA) is 15.3 Å². The highest BCUT2D eigenvalue weighted by molar-refractivity contribution is 4.96. The van der Waals surface area contributed by atoms with Crippen LogP contribution in [0.4, 0.5) is 0 Å². The summed E-state index contributed by atoms with van der Waals surface area (Å²) < 4.78 is 0. The van der Waals surface area contributed by atoms with E-state index in [9.17, 15) is 0 Å². The molecular weight excluding hydrogens is 232 g/mol. The molecule has 1 saturated heterocycles. The van der Waals surface area contributed by atoms with Crippen LogP contribution in [0.2, 0.25) is 0 Å². The molecule has 2 rings (SSSR count). The number of rotatable bonds is 4. The Hall–Kier alpha value is -0.0800. The Kier molecular flexibility index (Phi) is 4.94. The first kappa shape index (κ1) is 15.3. The van der Waals surface area contributed by atoms with Gasteiger partial charge in [0.2, 0.25) is 0 Å². The standard InChI is InChI=1S/C17H34N2/c1-6-7-14-12-19(16(11-18-14)13(2)3)15-8-9-17(4,5)10-15/h13-16,18H,6-12H2,1-5H3. The normalized spacial score (nSPS) is 36.0. The Morgan fingerprint density at radius 2 is 2.05 bits per heavy atom. The van der Waals surface area contributed by atoms with E-state index in [1.165, 1.54) is 45.2 Å². The van der Waals surface area contributed by atoms with Crippen molar-refractivity contribution in [1.82, 2.24) is 10.2 Å². The van der Waals surface area contributed by atoms with Crippen molar-refractivity contribution in [3.8, 4) is 0 Å². The SMILES string of the molecule is CCCC1CN(C2CCC(C)(C)C2)C(C(C)C)CN1. The zero-order valence-corrected chi connectivity index (χ0v) is 13.7. The molecule has 0 amide bonds. The second-order valence-electron chi connectivity index (χ2n) is 7.96. The minimum Gasteiger partial charge on any atom is -0.311 e. The largest absolute Gasteiger partial charge is 0.311 e. The molecule has 2 fully saturated rings. The molecule has 2 aliphatic rings. The minimum absolute atomic E-state index is 0.567. The van der Waals surface area contributed by atoms with E-state index in [1.807, 2.05) is 0 Å². The molecule has 3 unspecified atom stereocenters. The third kappa shape index (κ3) is 3.72. The van der Waals surface area contributed by atoms with Crippen molar-refractivity contribution in [2.24, 2.45) is 11.3 Å². The highest BCUT2D eigenvalue weighted by Crippen LogP contribution is 2.41. The summed E-state index contributed by atoms with van der Waals surface area (Å²) >= 11 is 0. The van der Waals surface area contributed by atoms with Crippen molar-refractivity contribution in [2.75, 3.05) is 13.1 Å². The van der Waals surface area contributed by atoms with Crippen LogP contribution in [0, 0.1) is 11.3 Å². The monoisotopic (exact) mass is 266 g/mol. The fourth-order valence-corrected chi connectivity index (χ4v) is 4.12. The third-order valence-electron chi connectivity index (χ3n) is 5.29. The van der Waals surface area contributed by atoms with E-state index in [0.717, 1.165) is 24.0 Å². The highest BCUT2D eigenvalue weighted by atomic mass is 15.3. The lowest BCUT2D eigenvalue weighted by molar-refractivity contribution is 0.0517. The molecule has 0 bridgehead atoms. The predicted molar refractivity (Wildman–Crippen MR) is 83.5 cm³/mol. The van der Waals surface area contributed by atoms with Gasteiger partial charge in [-0.2, -0.15) is 0 Å². The number of hydrogen-bond donors (Lipinski definition) is 1. The van der Waals surface area contributed by atoms with Gasteiger partial charge in [0, 0.05) is 31.2 Å². The van der Waals surface area contributed by atoms with Crippen LogP contribution in [0.15, 0.2) is 0 Å². The number of piperazine rings is 1. The molecule has 1 heterocycles. The van der Waals surface area contributed by atoms with E-state index in [4.69, 9.17) is 0 Å². The Morgan fingerprint density at radius 1 is 1.32 bits per heavy atom. The average Bonchev–Trinajstić information content (AvgIpc) is 2.69. The lowest BCUT2D eigenvalue weighted by Gasteiger charge is -2.46. The molecular formula is C17H34N2. The van der Waals surface area contributed by atoms with Crippen molar-refractivity contribution in [1.29, 1.82) is 0 Å². The van der Waals surface area contributed by atoms with Gasteiger partial charge in [0.1, 0.15) is 0 Å². The quantitative estimate of drug-likeness (QED) is 0.835.